The van der Waals surface area contributed by atoms with E-state index in [0.717, 1.165) is 30.5 Å². The van der Waals surface area contributed by atoms with Gasteiger partial charge in [0.15, 0.2) is 0 Å². The highest BCUT2D eigenvalue weighted by molar-refractivity contribution is 7.89. The highest BCUT2D eigenvalue weighted by atomic mass is 32.2. The highest BCUT2D eigenvalue weighted by Gasteiger charge is 2.29. The molecule has 0 bridgehead atoms. The van der Waals surface area contributed by atoms with Crippen LogP contribution in [0.4, 0.5) is 5.69 Å². The first-order valence-corrected chi connectivity index (χ1v) is 10.4. The van der Waals surface area contributed by atoms with Gasteiger partial charge in [-0.05, 0) is 55.5 Å². The Kier molecular flexibility index (Phi) is 5.44. The zero-order valence-corrected chi connectivity index (χ0v) is 16.0. The van der Waals surface area contributed by atoms with Crippen molar-refractivity contribution >= 4 is 21.6 Å². The summed E-state index contributed by atoms with van der Waals surface area (Å²) in [6, 6.07) is 12.5. The van der Waals surface area contributed by atoms with E-state index in [2.05, 4.69) is 5.32 Å². The largest absolute Gasteiger partial charge is 0.322 e. The van der Waals surface area contributed by atoms with E-state index in [0.29, 0.717) is 24.2 Å². The van der Waals surface area contributed by atoms with Crippen LogP contribution in [0.5, 0.6) is 0 Å². The van der Waals surface area contributed by atoms with Crippen molar-refractivity contribution in [3.8, 4) is 0 Å². The monoisotopic (exact) mass is 372 g/mol. The van der Waals surface area contributed by atoms with Crippen molar-refractivity contribution in [2.24, 2.45) is 0 Å². The second-order valence-electron chi connectivity index (χ2n) is 6.56. The molecule has 26 heavy (non-hydrogen) atoms. The molecule has 6 heteroatoms. The lowest BCUT2D eigenvalue weighted by Crippen LogP contribution is -2.28. The minimum Gasteiger partial charge on any atom is -0.322 e. The third kappa shape index (κ3) is 3.66. The molecule has 1 N–H and O–H groups in total. The molecule has 1 fully saturated rings. The zero-order chi connectivity index (χ0) is 18.7. The van der Waals surface area contributed by atoms with Gasteiger partial charge >= 0.3 is 0 Å². The molecule has 0 saturated carbocycles. The van der Waals surface area contributed by atoms with Crippen molar-refractivity contribution in [2.45, 2.75) is 38.0 Å². The van der Waals surface area contributed by atoms with Gasteiger partial charge in [-0.15, -0.1) is 0 Å². The quantitative estimate of drug-likeness (QED) is 0.872. The van der Waals surface area contributed by atoms with Gasteiger partial charge in [-0.1, -0.05) is 31.2 Å². The molecule has 0 aliphatic carbocycles. The van der Waals surface area contributed by atoms with E-state index >= 15 is 0 Å². The van der Waals surface area contributed by atoms with Gasteiger partial charge < -0.3 is 5.32 Å². The number of carbonyl (C=O) groups excluding carboxylic acids is 1. The Morgan fingerprint density at radius 2 is 1.81 bits per heavy atom. The van der Waals surface area contributed by atoms with Gasteiger partial charge in [0.25, 0.3) is 5.91 Å². The lowest BCUT2D eigenvalue weighted by molar-refractivity contribution is 0.102. The Hall–Kier alpha value is -2.18. The molecule has 3 rings (SSSR count). The minimum absolute atomic E-state index is 0.218. The highest BCUT2D eigenvalue weighted by Crippen LogP contribution is 2.25. The molecule has 1 aliphatic heterocycles. The molecule has 1 heterocycles. The molecule has 1 amide bonds. The maximum Gasteiger partial charge on any atom is 0.255 e. The summed E-state index contributed by atoms with van der Waals surface area (Å²) < 4.78 is 27.3. The third-order valence-corrected chi connectivity index (χ3v) is 6.82. The second kappa shape index (κ2) is 7.60. The first-order chi connectivity index (χ1) is 12.4. The Bertz CT molecular complexity index is 916. The van der Waals surface area contributed by atoms with Crippen molar-refractivity contribution in [3.05, 3.63) is 59.2 Å². The number of amides is 1. The summed E-state index contributed by atoms with van der Waals surface area (Å²) in [5.41, 5.74) is 2.80. The van der Waals surface area contributed by atoms with Crippen molar-refractivity contribution in [1.29, 1.82) is 0 Å². The summed E-state index contributed by atoms with van der Waals surface area (Å²) in [6.07, 6.45) is 2.57. The molecule has 0 aromatic heterocycles. The first kappa shape index (κ1) is 18.6. The average molecular weight is 372 g/mol. The number of hydrogen-bond donors (Lipinski definition) is 1. The summed E-state index contributed by atoms with van der Waals surface area (Å²) in [4.78, 5) is 12.9. The Morgan fingerprint density at radius 3 is 2.50 bits per heavy atom. The maximum atomic E-state index is 12.9. The predicted octanol–water partition coefficient (Wildman–Crippen LogP) is 3.59. The van der Waals surface area contributed by atoms with E-state index in [1.807, 2.05) is 31.2 Å². The number of hydrogen-bond acceptors (Lipinski definition) is 3. The van der Waals surface area contributed by atoms with Crippen LogP contribution < -0.4 is 5.32 Å². The number of aryl methyl sites for hydroxylation is 2. The van der Waals surface area contributed by atoms with Crippen LogP contribution in [0.15, 0.2) is 47.4 Å². The number of benzene rings is 2. The molecule has 0 unspecified atom stereocenters. The van der Waals surface area contributed by atoms with Gasteiger partial charge in [0, 0.05) is 24.3 Å². The van der Waals surface area contributed by atoms with Crippen LogP contribution in [-0.2, 0) is 16.4 Å². The van der Waals surface area contributed by atoms with Crippen molar-refractivity contribution < 1.29 is 13.2 Å². The van der Waals surface area contributed by atoms with Crippen molar-refractivity contribution in [2.75, 3.05) is 18.4 Å². The van der Waals surface area contributed by atoms with Gasteiger partial charge in [-0.2, -0.15) is 4.31 Å². The van der Waals surface area contributed by atoms with Gasteiger partial charge in [0.05, 0.1) is 4.90 Å². The normalized spacial score (nSPS) is 15.2. The summed E-state index contributed by atoms with van der Waals surface area (Å²) in [7, 11) is -3.56. The number of nitrogens with one attached hydrogen (secondary N) is 1. The summed E-state index contributed by atoms with van der Waals surface area (Å²) >= 11 is 0. The number of anilines is 1. The molecular weight excluding hydrogens is 348 g/mol. The molecule has 0 atom stereocenters. The van der Waals surface area contributed by atoms with Gasteiger partial charge in [0.2, 0.25) is 10.0 Å². The first-order valence-electron chi connectivity index (χ1n) is 8.93. The van der Waals surface area contributed by atoms with Gasteiger partial charge in [-0.25, -0.2) is 8.42 Å². The number of sulfonamides is 1. The van der Waals surface area contributed by atoms with Crippen LogP contribution in [0.3, 0.4) is 0 Å². The topological polar surface area (TPSA) is 66.5 Å². The summed E-state index contributed by atoms with van der Waals surface area (Å²) in [6.45, 7) is 4.87. The van der Waals surface area contributed by atoms with Gasteiger partial charge in [0.1, 0.15) is 0 Å². The Labute approximate surface area is 155 Å². The van der Waals surface area contributed by atoms with Crippen molar-refractivity contribution in [1.82, 2.24) is 4.31 Å². The number of para-hydroxylation sites is 1. The second-order valence-corrected chi connectivity index (χ2v) is 8.46. The summed E-state index contributed by atoms with van der Waals surface area (Å²) in [5, 5.41) is 2.90. The van der Waals surface area contributed by atoms with Crippen LogP contribution in [0, 0.1) is 6.92 Å². The fourth-order valence-corrected chi connectivity index (χ4v) is 5.00. The molecule has 138 valence electrons. The molecule has 2 aromatic rings. The van der Waals surface area contributed by atoms with Crippen LogP contribution in [-0.4, -0.2) is 31.7 Å². The van der Waals surface area contributed by atoms with E-state index < -0.39 is 10.0 Å². The van der Waals surface area contributed by atoms with Crippen LogP contribution in [0.25, 0.3) is 0 Å². The summed E-state index contributed by atoms with van der Waals surface area (Å²) in [5.74, 6) is -0.302. The van der Waals surface area contributed by atoms with Crippen LogP contribution in [0.1, 0.15) is 41.3 Å². The Morgan fingerprint density at radius 1 is 1.12 bits per heavy atom. The number of rotatable bonds is 5. The molecule has 0 radical (unpaired) electrons. The SMILES string of the molecule is CCc1ccccc1NC(=O)c1ccc(C)c(S(=O)(=O)N2CCCC2)c1. The van der Waals surface area contributed by atoms with E-state index in [4.69, 9.17) is 0 Å². The predicted molar refractivity (Wildman–Crippen MR) is 103 cm³/mol. The third-order valence-electron chi connectivity index (χ3n) is 4.78. The zero-order valence-electron chi connectivity index (χ0n) is 15.2. The van der Waals surface area contributed by atoms with Gasteiger partial charge in [-0.3, -0.25) is 4.79 Å². The van der Waals surface area contributed by atoms with Crippen LogP contribution >= 0.6 is 0 Å². The van der Waals surface area contributed by atoms with Crippen molar-refractivity contribution in [3.63, 3.8) is 0 Å². The standard InChI is InChI=1S/C20H24N2O3S/c1-3-16-8-4-5-9-18(16)21-20(23)17-11-10-15(2)19(14-17)26(24,25)22-12-6-7-13-22/h4-5,8-11,14H,3,6-7,12-13H2,1-2H3,(H,21,23). The molecule has 1 aliphatic rings. The fourth-order valence-electron chi connectivity index (χ4n) is 3.23. The molecule has 2 aromatic carbocycles. The maximum absolute atomic E-state index is 12.9. The lowest BCUT2D eigenvalue weighted by atomic mass is 10.1. The van der Waals surface area contributed by atoms with E-state index in [9.17, 15) is 13.2 Å². The van der Waals surface area contributed by atoms with E-state index in [1.165, 1.54) is 10.4 Å². The molecule has 1 saturated heterocycles. The number of carbonyl (C=O) groups is 1. The minimum atomic E-state index is -3.56. The lowest BCUT2D eigenvalue weighted by Gasteiger charge is -2.18. The fraction of sp³-hybridized carbons (Fsp3) is 0.350. The molecule has 0 spiro atoms. The average Bonchev–Trinajstić information content (AvgIpc) is 3.18. The number of nitrogens with zero attached hydrogens (tertiary/aromatic N) is 1. The molecular formula is C20H24N2O3S. The molecule has 5 nitrogen and oxygen atoms in total. The van der Waals surface area contributed by atoms with E-state index in [-0.39, 0.29) is 10.8 Å². The van der Waals surface area contributed by atoms with Crippen LogP contribution in [0.2, 0.25) is 0 Å². The Balaban J connectivity index is 1.90. The van der Waals surface area contributed by atoms with E-state index in [1.54, 1.807) is 19.1 Å². The smallest absolute Gasteiger partial charge is 0.255 e.